The van der Waals surface area contributed by atoms with Crippen LogP contribution in [0.15, 0.2) is 57.6 Å². The van der Waals surface area contributed by atoms with Gasteiger partial charge in [0, 0.05) is 5.56 Å². The molecule has 0 spiro atoms. The number of nitrogens with zero attached hydrogens (tertiary/aromatic N) is 1. The van der Waals surface area contributed by atoms with Gasteiger partial charge in [0.25, 0.3) is 0 Å². The second-order valence-electron chi connectivity index (χ2n) is 5.40. The zero-order valence-corrected chi connectivity index (χ0v) is 16.1. The van der Waals surface area contributed by atoms with Crippen molar-refractivity contribution in [3.05, 3.63) is 63.8 Å². The van der Waals surface area contributed by atoms with E-state index in [4.69, 9.17) is 14.2 Å². The van der Waals surface area contributed by atoms with Crippen LogP contribution in [0.1, 0.15) is 25.0 Å². The summed E-state index contributed by atoms with van der Waals surface area (Å²) in [5.41, 5.74) is 1.75. The summed E-state index contributed by atoms with van der Waals surface area (Å²) < 4.78 is 17.3. The minimum absolute atomic E-state index is 0.238. The maximum Gasteiger partial charge on any atom is 0.363 e. The van der Waals surface area contributed by atoms with Gasteiger partial charge in [0.15, 0.2) is 17.2 Å². The van der Waals surface area contributed by atoms with Crippen LogP contribution in [0.25, 0.3) is 6.08 Å². The van der Waals surface area contributed by atoms with Crippen LogP contribution in [-0.2, 0) is 9.53 Å². The Morgan fingerprint density at radius 1 is 1.12 bits per heavy atom. The first-order valence-corrected chi connectivity index (χ1v) is 9.08. The molecule has 0 radical (unpaired) electrons. The average molecular weight is 416 g/mol. The Balaban J connectivity index is 1.96. The molecule has 0 N–H and O–H groups in total. The van der Waals surface area contributed by atoms with E-state index in [-0.39, 0.29) is 5.70 Å². The molecular formula is C20H18BrNO4. The van der Waals surface area contributed by atoms with E-state index >= 15 is 0 Å². The quantitative estimate of drug-likeness (QED) is 0.511. The normalized spacial score (nSPS) is 15.0. The van der Waals surface area contributed by atoms with Crippen molar-refractivity contribution in [2.45, 2.75) is 13.8 Å². The summed E-state index contributed by atoms with van der Waals surface area (Å²) in [6, 6.07) is 13.0. The van der Waals surface area contributed by atoms with Crippen molar-refractivity contribution < 1.29 is 19.0 Å². The molecule has 26 heavy (non-hydrogen) atoms. The summed E-state index contributed by atoms with van der Waals surface area (Å²) in [6.45, 7) is 4.84. The van der Waals surface area contributed by atoms with Crippen LogP contribution in [0.5, 0.6) is 11.5 Å². The lowest BCUT2D eigenvalue weighted by Gasteiger charge is -2.13. The number of carbonyl (C=O) groups is 1. The molecule has 1 aliphatic rings. The second-order valence-corrected chi connectivity index (χ2v) is 6.25. The molecule has 3 rings (SSSR count). The van der Waals surface area contributed by atoms with Crippen LogP contribution in [-0.4, -0.2) is 25.1 Å². The number of benzene rings is 2. The third-order valence-corrected chi connectivity index (χ3v) is 4.15. The zero-order valence-electron chi connectivity index (χ0n) is 14.5. The summed E-state index contributed by atoms with van der Waals surface area (Å²) in [6.07, 6.45) is 1.67. The number of cyclic esters (lactones) is 1. The van der Waals surface area contributed by atoms with Gasteiger partial charge in [-0.25, -0.2) is 9.79 Å². The number of hydrogen-bond acceptors (Lipinski definition) is 5. The molecule has 1 heterocycles. The van der Waals surface area contributed by atoms with Gasteiger partial charge in [0.2, 0.25) is 5.90 Å². The SMILES string of the molecule is CCOc1cc(/C=C2/N=C(c3ccccc3)OC2=O)cc(Br)c1OCC. The van der Waals surface area contributed by atoms with Gasteiger partial charge in [0.1, 0.15) is 0 Å². The van der Waals surface area contributed by atoms with Crippen molar-refractivity contribution >= 4 is 33.9 Å². The number of hydrogen-bond donors (Lipinski definition) is 0. The Hall–Kier alpha value is -2.60. The summed E-state index contributed by atoms with van der Waals surface area (Å²) in [5, 5.41) is 0. The van der Waals surface area contributed by atoms with Gasteiger partial charge < -0.3 is 14.2 Å². The monoisotopic (exact) mass is 415 g/mol. The van der Waals surface area contributed by atoms with Crippen LogP contribution in [0.4, 0.5) is 0 Å². The van der Waals surface area contributed by atoms with E-state index in [1.54, 1.807) is 6.08 Å². The smallest absolute Gasteiger partial charge is 0.363 e. The maximum atomic E-state index is 12.2. The highest BCUT2D eigenvalue weighted by Crippen LogP contribution is 2.37. The molecule has 2 aromatic carbocycles. The predicted octanol–water partition coefficient (Wildman–Crippen LogP) is 4.59. The van der Waals surface area contributed by atoms with E-state index in [1.807, 2.05) is 56.3 Å². The third-order valence-electron chi connectivity index (χ3n) is 3.57. The standard InChI is InChI=1S/C20H18BrNO4/c1-3-24-17-12-13(10-15(21)18(17)25-4-2)11-16-20(23)26-19(22-16)14-8-6-5-7-9-14/h5-12H,3-4H2,1-2H3/b16-11+. The van der Waals surface area contributed by atoms with Crippen molar-refractivity contribution in [3.8, 4) is 11.5 Å². The fourth-order valence-electron chi connectivity index (χ4n) is 2.49. The Labute approximate surface area is 160 Å². The molecule has 0 aromatic heterocycles. The van der Waals surface area contributed by atoms with Crippen LogP contribution in [0.3, 0.4) is 0 Å². The lowest BCUT2D eigenvalue weighted by Crippen LogP contribution is -2.05. The Kier molecular flexibility index (Phi) is 5.73. The second kappa shape index (κ2) is 8.19. The largest absolute Gasteiger partial charge is 0.490 e. The first kappa shape index (κ1) is 18.2. The van der Waals surface area contributed by atoms with Gasteiger partial charge in [-0.05, 0) is 65.7 Å². The molecular weight excluding hydrogens is 398 g/mol. The van der Waals surface area contributed by atoms with Crippen molar-refractivity contribution in [1.29, 1.82) is 0 Å². The lowest BCUT2D eigenvalue weighted by atomic mass is 10.1. The number of aliphatic imine (C=N–C) groups is 1. The molecule has 0 fully saturated rings. The fourth-order valence-corrected chi connectivity index (χ4v) is 3.06. The summed E-state index contributed by atoms with van der Waals surface area (Å²) >= 11 is 3.50. The van der Waals surface area contributed by atoms with Gasteiger partial charge in [-0.1, -0.05) is 18.2 Å². The first-order valence-electron chi connectivity index (χ1n) is 8.29. The molecule has 0 amide bonds. The molecule has 2 aromatic rings. The van der Waals surface area contributed by atoms with Gasteiger partial charge in [-0.15, -0.1) is 0 Å². The number of ether oxygens (including phenoxy) is 3. The lowest BCUT2D eigenvalue weighted by molar-refractivity contribution is -0.129. The number of rotatable bonds is 6. The molecule has 0 bridgehead atoms. The number of carbonyl (C=O) groups excluding carboxylic acids is 1. The van der Waals surface area contributed by atoms with E-state index in [0.717, 1.165) is 15.6 Å². The molecule has 0 saturated heterocycles. The van der Waals surface area contributed by atoms with Crippen molar-refractivity contribution in [1.82, 2.24) is 0 Å². The van der Waals surface area contributed by atoms with Crippen molar-refractivity contribution in [2.24, 2.45) is 4.99 Å². The number of halogens is 1. The van der Waals surface area contributed by atoms with Crippen LogP contribution in [0.2, 0.25) is 0 Å². The summed E-state index contributed by atoms with van der Waals surface area (Å²) in [7, 11) is 0. The van der Waals surface area contributed by atoms with E-state index < -0.39 is 5.97 Å². The van der Waals surface area contributed by atoms with Gasteiger partial charge >= 0.3 is 5.97 Å². The molecule has 134 valence electrons. The Morgan fingerprint density at radius 2 is 1.85 bits per heavy atom. The highest BCUT2D eigenvalue weighted by atomic mass is 79.9. The Bertz CT molecular complexity index is 875. The summed E-state index contributed by atoms with van der Waals surface area (Å²) in [5.74, 6) is 1.07. The predicted molar refractivity (Wildman–Crippen MR) is 104 cm³/mol. The molecule has 5 nitrogen and oxygen atoms in total. The third kappa shape index (κ3) is 3.96. The highest BCUT2D eigenvalue weighted by Gasteiger charge is 2.24. The number of esters is 1. The van der Waals surface area contributed by atoms with Crippen molar-refractivity contribution in [3.63, 3.8) is 0 Å². The molecule has 0 saturated carbocycles. The zero-order chi connectivity index (χ0) is 18.5. The maximum absolute atomic E-state index is 12.2. The topological polar surface area (TPSA) is 57.1 Å². The minimum Gasteiger partial charge on any atom is -0.490 e. The van der Waals surface area contributed by atoms with E-state index in [0.29, 0.717) is 30.6 Å². The Morgan fingerprint density at radius 3 is 2.54 bits per heavy atom. The molecule has 0 unspecified atom stereocenters. The van der Waals surface area contributed by atoms with E-state index in [2.05, 4.69) is 20.9 Å². The van der Waals surface area contributed by atoms with E-state index in [9.17, 15) is 4.79 Å². The molecule has 0 aliphatic carbocycles. The average Bonchev–Trinajstić information content (AvgIpc) is 3.00. The van der Waals surface area contributed by atoms with Gasteiger partial charge in [0.05, 0.1) is 17.7 Å². The van der Waals surface area contributed by atoms with Gasteiger partial charge in [-0.3, -0.25) is 0 Å². The fraction of sp³-hybridized carbons (Fsp3) is 0.200. The highest BCUT2D eigenvalue weighted by molar-refractivity contribution is 9.10. The van der Waals surface area contributed by atoms with Crippen LogP contribution < -0.4 is 9.47 Å². The van der Waals surface area contributed by atoms with Crippen LogP contribution in [0, 0.1) is 0 Å². The van der Waals surface area contributed by atoms with E-state index in [1.165, 1.54) is 0 Å². The molecule has 0 atom stereocenters. The summed E-state index contributed by atoms with van der Waals surface area (Å²) in [4.78, 5) is 16.5. The first-order chi connectivity index (χ1) is 12.6. The van der Waals surface area contributed by atoms with Crippen molar-refractivity contribution in [2.75, 3.05) is 13.2 Å². The van der Waals surface area contributed by atoms with Gasteiger partial charge in [-0.2, -0.15) is 0 Å². The molecule has 1 aliphatic heterocycles. The van der Waals surface area contributed by atoms with Crippen LogP contribution >= 0.6 is 15.9 Å². The molecule has 6 heteroatoms. The minimum atomic E-state index is -0.480.